The van der Waals surface area contributed by atoms with Crippen molar-refractivity contribution >= 4 is 5.91 Å². The van der Waals surface area contributed by atoms with Gasteiger partial charge in [-0.25, -0.2) is 4.39 Å². The molecule has 0 unspecified atom stereocenters. The van der Waals surface area contributed by atoms with Crippen molar-refractivity contribution < 1.29 is 22.4 Å². The summed E-state index contributed by atoms with van der Waals surface area (Å²) in [5.41, 5.74) is 0.751. The van der Waals surface area contributed by atoms with Crippen molar-refractivity contribution in [3.8, 4) is 0 Å². The number of alkyl halides is 3. The Morgan fingerprint density at radius 3 is 2.26 bits per heavy atom. The second-order valence-corrected chi connectivity index (χ2v) is 9.13. The Kier molecular flexibility index (Phi) is 7.83. The average molecular weight is 479 g/mol. The van der Waals surface area contributed by atoms with Crippen LogP contribution in [0.4, 0.5) is 17.6 Å². The summed E-state index contributed by atoms with van der Waals surface area (Å²) in [5.74, 6) is -0.225. The van der Waals surface area contributed by atoms with Crippen LogP contribution in [0.15, 0.2) is 42.6 Å². The number of halogens is 4. The van der Waals surface area contributed by atoms with Crippen LogP contribution in [0.3, 0.4) is 0 Å². The summed E-state index contributed by atoms with van der Waals surface area (Å²) in [6.07, 6.45) is 0.117. The molecule has 0 radical (unpaired) electrons. The predicted octanol–water partition coefficient (Wildman–Crippen LogP) is 3.98. The normalized spacial score (nSPS) is 19.2. The smallest absolute Gasteiger partial charge is 0.341 e. The minimum atomic E-state index is -4.41. The van der Waals surface area contributed by atoms with E-state index in [1.807, 2.05) is 4.90 Å². The third-order valence-corrected chi connectivity index (χ3v) is 6.75. The van der Waals surface area contributed by atoms with Crippen LogP contribution in [0, 0.1) is 5.82 Å². The lowest BCUT2D eigenvalue weighted by atomic mass is 10.0. The molecule has 0 aliphatic carbocycles. The first-order chi connectivity index (χ1) is 16.3. The monoisotopic (exact) mass is 478 g/mol. The highest BCUT2D eigenvalue weighted by Crippen LogP contribution is 2.27. The van der Waals surface area contributed by atoms with Gasteiger partial charge >= 0.3 is 6.18 Å². The molecule has 34 heavy (non-hydrogen) atoms. The number of amides is 1. The van der Waals surface area contributed by atoms with Crippen molar-refractivity contribution in [2.24, 2.45) is 0 Å². The summed E-state index contributed by atoms with van der Waals surface area (Å²) in [4.78, 5) is 22.9. The Balaban J connectivity index is 1.22. The van der Waals surface area contributed by atoms with Gasteiger partial charge in [0.05, 0.1) is 6.42 Å². The molecular weight excluding hydrogens is 448 g/mol. The van der Waals surface area contributed by atoms with E-state index in [0.717, 1.165) is 69.2 Å². The number of carbonyl (C=O) groups excluding carboxylic acids is 1. The summed E-state index contributed by atoms with van der Waals surface area (Å²) in [6, 6.07) is 9.09. The molecule has 2 aliphatic rings. The van der Waals surface area contributed by atoms with E-state index in [4.69, 9.17) is 0 Å². The SMILES string of the molecule is O=C(Cc1ccc(F)cc1)N1CCCN(C2CCN(Cc3ccc(C(F)(F)F)nc3)CC2)CC1. The van der Waals surface area contributed by atoms with E-state index in [1.54, 1.807) is 12.1 Å². The molecule has 2 saturated heterocycles. The molecular formula is C25H30F4N4O. The molecule has 0 bridgehead atoms. The van der Waals surface area contributed by atoms with Crippen molar-refractivity contribution in [3.05, 3.63) is 65.2 Å². The van der Waals surface area contributed by atoms with Gasteiger partial charge < -0.3 is 4.90 Å². The molecule has 2 aromatic rings. The molecule has 2 fully saturated rings. The first-order valence-corrected chi connectivity index (χ1v) is 11.8. The maximum atomic E-state index is 13.1. The molecule has 1 aromatic heterocycles. The first-order valence-electron chi connectivity index (χ1n) is 11.8. The van der Waals surface area contributed by atoms with E-state index < -0.39 is 11.9 Å². The standard InChI is InChI=1S/C25H30F4N4O/c26-21-5-2-19(3-6-21)16-24(34)33-11-1-10-32(14-15-33)22-8-12-31(13-9-22)18-20-4-7-23(30-17-20)25(27,28)29/h2-7,17,22H,1,8-16,18H2. The van der Waals surface area contributed by atoms with Gasteiger partial charge in [-0.1, -0.05) is 18.2 Å². The lowest BCUT2D eigenvalue weighted by molar-refractivity contribution is -0.141. The molecule has 0 spiro atoms. The van der Waals surface area contributed by atoms with Crippen molar-refractivity contribution in [2.45, 2.75) is 44.4 Å². The Bertz CT molecular complexity index is 941. The van der Waals surface area contributed by atoms with Gasteiger partial charge in [-0.05, 0) is 61.7 Å². The number of rotatable bonds is 5. The highest BCUT2D eigenvalue weighted by molar-refractivity contribution is 5.78. The number of nitrogens with zero attached hydrogens (tertiary/aromatic N) is 4. The molecule has 0 saturated carbocycles. The number of piperidine rings is 1. The van der Waals surface area contributed by atoms with Crippen LogP contribution < -0.4 is 0 Å². The number of benzene rings is 1. The molecule has 1 aromatic carbocycles. The van der Waals surface area contributed by atoms with Crippen LogP contribution in [-0.4, -0.2) is 70.9 Å². The van der Waals surface area contributed by atoms with Gasteiger partial charge in [-0.2, -0.15) is 13.2 Å². The summed E-state index contributed by atoms with van der Waals surface area (Å²) in [6.45, 7) is 5.58. The topological polar surface area (TPSA) is 39.7 Å². The second-order valence-electron chi connectivity index (χ2n) is 9.13. The fourth-order valence-electron chi connectivity index (χ4n) is 4.83. The quantitative estimate of drug-likeness (QED) is 0.610. The maximum Gasteiger partial charge on any atom is 0.433 e. The summed E-state index contributed by atoms with van der Waals surface area (Å²) in [7, 11) is 0. The van der Waals surface area contributed by atoms with Gasteiger partial charge in [0.2, 0.25) is 5.91 Å². The minimum Gasteiger partial charge on any atom is -0.341 e. The average Bonchev–Trinajstić information content (AvgIpc) is 3.07. The summed E-state index contributed by atoms with van der Waals surface area (Å²) >= 11 is 0. The zero-order valence-electron chi connectivity index (χ0n) is 19.1. The van der Waals surface area contributed by atoms with Gasteiger partial charge in [0, 0.05) is 45.0 Å². The third-order valence-electron chi connectivity index (χ3n) is 6.75. The van der Waals surface area contributed by atoms with Gasteiger partial charge in [0.1, 0.15) is 11.5 Å². The highest BCUT2D eigenvalue weighted by atomic mass is 19.4. The number of aromatic nitrogens is 1. The lowest BCUT2D eigenvalue weighted by Gasteiger charge is -2.38. The lowest BCUT2D eigenvalue weighted by Crippen LogP contribution is -2.46. The van der Waals surface area contributed by atoms with E-state index in [1.165, 1.54) is 24.4 Å². The number of hydrogen-bond acceptors (Lipinski definition) is 4. The number of pyridine rings is 1. The zero-order chi connectivity index (χ0) is 24.1. The Labute approximate surface area is 197 Å². The predicted molar refractivity (Wildman–Crippen MR) is 120 cm³/mol. The van der Waals surface area contributed by atoms with Crippen LogP contribution in [-0.2, 0) is 23.9 Å². The van der Waals surface area contributed by atoms with Gasteiger partial charge in [-0.15, -0.1) is 0 Å². The highest BCUT2D eigenvalue weighted by Gasteiger charge is 2.32. The fourth-order valence-corrected chi connectivity index (χ4v) is 4.83. The molecule has 5 nitrogen and oxygen atoms in total. The van der Waals surface area contributed by atoms with Crippen LogP contribution >= 0.6 is 0 Å². The number of carbonyl (C=O) groups is 1. The molecule has 0 atom stereocenters. The molecule has 9 heteroatoms. The van der Waals surface area contributed by atoms with Crippen molar-refractivity contribution in [1.82, 2.24) is 19.7 Å². The number of likely N-dealkylation sites (tertiary alicyclic amines) is 1. The Morgan fingerprint density at radius 1 is 0.912 bits per heavy atom. The third kappa shape index (κ3) is 6.54. The van der Waals surface area contributed by atoms with Gasteiger partial charge in [-0.3, -0.25) is 19.6 Å². The molecule has 4 rings (SSSR count). The maximum absolute atomic E-state index is 13.1. The molecule has 0 N–H and O–H groups in total. The van der Waals surface area contributed by atoms with Crippen LogP contribution in [0.25, 0.3) is 0 Å². The molecule has 3 heterocycles. The van der Waals surface area contributed by atoms with Crippen LogP contribution in [0.2, 0.25) is 0 Å². The van der Waals surface area contributed by atoms with E-state index in [9.17, 15) is 22.4 Å². The van der Waals surface area contributed by atoms with E-state index in [0.29, 0.717) is 19.1 Å². The van der Waals surface area contributed by atoms with E-state index >= 15 is 0 Å². The molecule has 184 valence electrons. The van der Waals surface area contributed by atoms with Crippen molar-refractivity contribution in [1.29, 1.82) is 0 Å². The van der Waals surface area contributed by atoms with Gasteiger partial charge in [0.15, 0.2) is 0 Å². The van der Waals surface area contributed by atoms with Gasteiger partial charge in [0.25, 0.3) is 0 Å². The van der Waals surface area contributed by atoms with Crippen molar-refractivity contribution in [2.75, 3.05) is 39.3 Å². The summed E-state index contributed by atoms with van der Waals surface area (Å²) < 4.78 is 51.2. The zero-order valence-corrected chi connectivity index (χ0v) is 19.1. The Morgan fingerprint density at radius 2 is 1.62 bits per heavy atom. The minimum absolute atomic E-state index is 0.0772. The van der Waals surface area contributed by atoms with Crippen LogP contribution in [0.5, 0.6) is 0 Å². The number of hydrogen-bond donors (Lipinski definition) is 0. The van der Waals surface area contributed by atoms with E-state index in [-0.39, 0.29) is 18.1 Å². The summed E-state index contributed by atoms with van der Waals surface area (Å²) in [5, 5.41) is 0. The molecule has 1 amide bonds. The molecule has 2 aliphatic heterocycles. The fraction of sp³-hybridized carbons (Fsp3) is 0.520. The second kappa shape index (κ2) is 10.8. The van der Waals surface area contributed by atoms with Crippen molar-refractivity contribution in [3.63, 3.8) is 0 Å². The van der Waals surface area contributed by atoms with E-state index in [2.05, 4.69) is 14.8 Å². The first kappa shape index (κ1) is 24.6. The largest absolute Gasteiger partial charge is 0.433 e. The van der Waals surface area contributed by atoms with Crippen LogP contribution in [0.1, 0.15) is 36.1 Å². The Hall–Kier alpha value is -2.52.